The van der Waals surface area contributed by atoms with Gasteiger partial charge >= 0.3 is 5.97 Å². The molecule has 0 radical (unpaired) electrons. The molecular weight excluding hydrogens is 292 g/mol. The number of aryl methyl sites for hydroxylation is 1. The van der Waals surface area contributed by atoms with Crippen molar-refractivity contribution < 1.29 is 14.6 Å². The summed E-state index contributed by atoms with van der Waals surface area (Å²) < 4.78 is 7.08. The molecule has 0 spiro atoms. The molecule has 112 valence electrons. The number of nitrogens with zero attached hydrogens (tertiary/aromatic N) is 2. The van der Waals surface area contributed by atoms with Gasteiger partial charge in [-0.3, -0.25) is 0 Å². The summed E-state index contributed by atoms with van der Waals surface area (Å²) in [5.74, 6) is 0.00661. The molecule has 0 aliphatic rings. The summed E-state index contributed by atoms with van der Waals surface area (Å²) in [6.07, 6.45) is 1.44. The largest absolute Gasteiger partial charge is 0.476 e. The Morgan fingerprint density at radius 2 is 2.19 bits per heavy atom. The topological polar surface area (TPSA) is 64.3 Å². The minimum atomic E-state index is -1.16. The van der Waals surface area contributed by atoms with Crippen molar-refractivity contribution in [1.82, 2.24) is 9.78 Å². The average molecular weight is 309 g/mol. The maximum atomic E-state index is 10.9. The number of carboxylic acid groups (broad SMARTS) is 1. The fourth-order valence-electron chi connectivity index (χ4n) is 1.88. The quantitative estimate of drug-likeness (QED) is 0.914. The van der Waals surface area contributed by atoms with Gasteiger partial charge in [-0.05, 0) is 30.0 Å². The van der Waals surface area contributed by atoms with Crippen LogP contribution in [0.4, 0.5) is 0 Å². The first-order valence-corrected chi connectivity index (χ1v) is 6.96. The number of carboxylic acids is 1. The standard InChI is InChI=1S/C15H17ClN2O3/c1-9(2)11-5-4-10(3)13(6-11)21-8-18-7-12(16)14(17-18)15(19)20/h4-7,9H,8H2,1-3H3,(H,19,20). The van der Waals surface area contributed by atoms with E-state index in [2.05, 4.69) is 25.0 Å². The van der Waals surface area contributed by atoms with Crippen molar-refractivity contribution >= 4 is 17.6 Å². The molecular formula is C15H17ClN2O3. The molecule has 1 heterocycles. The molecule has 21 heavy (non-hydrogen) atoms. The summed E-state index contributed by atoms with van der Waals surface area (Å²) in [6, 6.07) is 6.06. The lowest BCUT2D eigenvalue weighted by Crippen LogP contribution is -2.08. The highest BCUT2D eigenvalue weighted by atomic mass is 35.5. The smallest absolute Gasteiger partial charge is 0.357 e. The number of ether oxygens (including phenoxy) is 1. The van der Waals surface area contributed by atoms with Gasteiger partial charge in [0, 0.05) is 6.20 Å². The van der Waals surface area contributed by atoms with Crippen molar-refractivity contribution in [2.24, 2.45) is 0 Å². The zero-order valence-corrected chi connectivity index (χ0v) is 12.9. The molecule has 0 unspecified atom stereocenters. The lowest BCUT2D eigenvalue weighted by atomic mass is 10.0. The van der Waals surface area contributed by atoms with E-state index in [1.54, 1.807) is 0 Å². The zero-order chi connectivity index (χ0) is 15.6. The van der Waals surface area contributed by atoms with E-state index in [0.29, 0.717) is 5.92 Å². The Labute approximate surface area is 128 Å². The van der Waals surface area contributed by atoms with Crippen LogP contribution in [-0.2, 0) is 6.73 Å². The van der Waals surface area contributed by atoms with Crippen molar-refractivity contribution in [1.29, 1.82) is 0 Å². The van der Waals surface area contributed by atoms with E-state index < -0.39 is 5.97 Å². The highest BCUT2D eigenvalue weighted by molar-refractivity contribution is 6.33. The van der Waals surface area contributed by atoms with Crippen LogP contribution in [0.25, 0.3) is 0 Å². The molecule has 1 N–H and O–H groups in total. The number of carbonyl (C=O) groups is 1. The predicted molar refractivity (Wildman–Crippen MR) is 80.1 cm³/mol. The summed E-state index contributed by atoms with van der Waals surface area (Å²) in [5.41, 5.74) is 2.02. The molecule has 0 bridgehead atoms. The van der Waals surface area contributed by atoms with Crippen molar-refractivity contribution in [2.45, 2.75) is 33.4 Å². The Morgan fingerprint density at radius 1 is 1.48 bits per heavy atom. The van der Waals surface area contributed by atoms with Gasteiger partial charge in [-0.25, -0.2) is 9.48 Å². The second-order valence-corrected chi connectivity index (χ2v) is 5.53. The van der Waals surface area contributed by atoms with Gasteiger partial charge in [-0.1, -0.05) is 37.6 Å². The Hall–Kier alpha value is -2.01. The highest BCUT2D eigenvalue weighted by Gasteiger charge is 2.14. The summed E-state index contributed by atoms with van der Waals surface area (Å²) >= 11 is 5.80. The second kappa shape index (κ2) is 6.18. The molecule has 0 aliphatic heterocycles. The third kappa shape index (κ3) is 3.55. The van der Waals surface area contributed by atoms with E-state index in [0.717, 1.165) is 11.3 Å². The number of benzene rings is 1. The molecule has 1 aromatic heterocycles. The second-order valence-electron chi connectivity index (χ2n) is 5.12. The van der Waals surface area contributed by atoms with E-state index in [-0.39, 0.29) is 17.4 Å². The normalized spacial score (nSPS) is 10.9. The fourth-order valence-corrected chi connectivity index (χ4v) is 2.11. The van der Waals surface area contributed by atoms with Gasteiger partial charge in [0.1, 0.15) is 5.75 Å². The number of hydrogen-bond acceptors (Lipinski definition) is 3. The Morgan fingerprint density at radius 3 is 2.76 bits per heavy atom. The molecule has 5 nitrogen and oxygen atoms in total. The van der Waals surface area contributed by atoms with Crippen molar-refractivity contribution in [3.63, 3.8) is 0 Å². The summed E-state index contributed by atoms with van der Waals surface area (Å²) in [6.45, 7) is 6.29. The number of halogens is 1. The first kappa shape index (κ1) is 15.4. The number of aromatic carboxylic acids is 1. The van der Waals surface area contributed by atoms with Gasteiger partial charge in [0.2, 0.25) is 0 Å². The van der Waals surface area contributed by atoms with Crippen LogP contribution in [0.5, 0.6) is 5.75 Å². The lowest BCUT2D eigenvalue weighted by Gasteiger charge is -2.12. The van der Waals surface area contributed by atoms with Gasteiger partial charge < -0.3 is 9.84 Å². The molecule has 6 heteroatoms. The third-order valence-corrected chi connectivity index (χ3v) is 3.43. The summed E-state index contributed by atoms with van der Waals surface area (Å²) in [7, 11) is 0. The van der Waals surface area contributed by atoms with Gasteiger partial charge in [0.05, 0.1) is 5.02 Å². The molecule has 0 aliphatic carbocycles. The molecule has 0 saturated carbocycles. The first-order chi connectivity index (χ1) is 9.88. The number of aromatic nitrogens is 2. The van der Waals surface area contributed by atoms with Gasteiger partial charge in [-0.15, -0.1) is 0 Å². The zero-order valence-electron chi connectivity index (χ0n) is 12.1. The molecule has 0 saturated heterocycles. The number of hydrogen-bond donors (Lipinski definition) is 1. The molecule has 0 amide bonds. The van der Waals surface area contributed by atoms with Crippen LogP contribution in [0.3, 0.4) is 0 Å². The van der Waals surface area contributed by atoms with Gasteiger partial charge in [-0.2, -0.15) is 5.10 Å². The van der Waals surface area contributed by atoms with Crippen LogP contribution in [0.1, 0.15) is 41.4 Å². The minimum Gasteiger partial charge on any atom is -0.476 e. The Bertz CT molecular complexity index is 665. The van der Waals surface area contributed by atoms with Crippen LogP contribution < -0.4 is 4.74 Å². The van der Waals surface area contributed by atoms with Crippen LogP contribution in [0.15, 0.2) is 24.4 Å². The molecule has 2 rings (SSSR count). The predicted octanol–water partition coefficient (Wildman–Crippen LogP) is 3.70. The first-order valence-electron chi connectivity index (χ1n) is 6.58. The van der Waals surface area contributed by atoms with E-state index in [9.17, 15) is 4.79 Å². The van der Waals surface area contributed by atoms with Gasteiger partial charge in [0.25, 0.3) is 0 Å². The Balaban J connectivity index is 2.14. The van der Waals surface area contributed by atoms with E-state index in [1.807, 2.05) is 19.1 Å². The lowest BCUT2D eigenvalue weighted by molar-refractivity contribution is 0.0688. The minimum absolute atomic E-state index is 0.0961. The van der Waals surface area contributed by atoms with E-state index in [4.69, 9.17) is 21.4 Å². The van der Waals surface area contributed by atoms with Gasteiger partial charge in [0.15, 0.2) is 12.4 Å². The van der Waals surface area contributed by atoms with Crippen LogP contribution in [-0.4, -0.2) is 20.9 Å². The summed E-state index contributed by atoms with van der Waals surface area (Å²) in [5, 5.41) is 12.9. The maximum absolute atomic E-state index is 10.9. The SMILES string of the molecule is Cc1ccc(C(C)C)cc1OCn1cc(Cl)c(C(=O)O)n1. The highest BCUT2D eigenvalue weighted by Crippen LogP contribution is 2.24. The third-order valence-electron chi connectivity index (χ3n) is 3.15. The number of rotatable bonds is 5. The maximum Gasteiger partial charge on any atom is 0.357 e. The Kier molecular flexibility index (Phi) is 4.53. The monoisotopic (exact) mass is 308 g/mol. The molecule has 0 atom stereocenters. The molecule has 2 aromatic rings. The van der Waals surface area contributed by atoms with Crippen molar-refractivity contribution in [3.8, 4) is 5.75 Å². The summed E-state index contributed by atoms with van der Waals surface area (Å²) in [4.78, 5) is 10.9. The van der Waals surface area contributed by atoms with E-state index in [1.165, 1.54) is 16.4 Å². The van der Waals surface area contributed by atoms with Crippen molar-refractivity contribution in [2.75, 3.05) is 0 Å². The molecule has 1 aromatic carbocycles. The van der Waals surface area contributed by atoms with Crippen molar-refractivity contribution in [3.05, 3.63) is 46.2 Å². The van der Waals surface area contributed by atoms with Crippen LogP contribution in [0.2, 0.25) is 5.02 Å². The molecule has 0 fully saturated rings. The van der Waals surface area contributed by atoms with E-state index >= 15 is 0 Å². The average Bonchev–Trinajstić information content (AvgIpc) is 2.79. The fraction of sp³-hybridized carbons (Fsp3) is 0.333. The van der Waals surface area contributed by atoms with Crippen LogP contribution in [0, 0.1) is 6.92 Å². The van der Waals surface area contributed by atoms with Crippen LogP contribution >= 0.6 is 11.6 Å².